The van der Waals surface area contributed by atoms with Gasteiger partial charge in [-0.2, -0.15) is 5.26 Å². The molecule has 1 aliphatic rings. The molecule has 0 aromatic heterocycles. The monoisotopic (exact) mass is 279 g/mol. The van der Waals surface area contributed by atoms with Gasteiger partial charge in [-0.05, 0) is 37.6 Å². The lowest BCUT2D eigenvalue weighted by Crippen LogP contribution is -2.49. The summed E-state index contributed by atoms with van der Waals surface area (Å²) >= 11 is 5.98. The fourth-order valence-electron chi connectivity index (χ4n) is 2.49. The Morgan fingerprint density at radius 2 is 2.42 bits per heavy atom. The van der Waals surface area contributed by atoms with Gasteiger partial charge in [0.1, 0.15) is 6.07 Å². The van der Waals surface area contributed by atoms with Gasteiger partial charge in [-0.15, -0.1) is 0 Å². The molecule has 0 amide bonds. The van der Waals surface area contributed by atoms with E-state index in [1.807, 2.05) is 0 Å². The number of ether oxygens (including phenoxy) is 1. The van der Waals surface area contributed by atoms with E-state index in [4.69, 9.17) is 21.6 Å². The number of nitriles is 1. The Hall–Kier alpha value is -1.28. The lowest BCUT2D eigenvalue weighted by atomic mass is 9.98. The van der Waals surface area contributed by atoms with Crippen LogP contribution in [0.3, 0.4) is 0 Å². The van der Waals surface area contributed by atoms with Crippen molar-refractivity contribution in [3.05, 3.63) is 28.8 Å². The lowest BCUT2D eigenvalue weighted by Gasteiger charge is -2.29. The van der Waals surface area contributed by atoms with Crippen molar-refractivity contribution in [3.63, 3.8) is 0 Å². The summed E-state index contributed by atoms with van der Waals surface area (Å²) in [6.07, 6.45) is 2.21. The predicted molar refractivity (Wildman–Crippen MR) is 76.5 cm³/mol. The standard InChI is InChI=1S/C14H18ClN3O/c1-19-10-14(5-2-6-18-14)9-17-13-7-12(15)4-3-11(13)8-16/h3-4,7,17-18H,2,5-6,9-10H2,1H3. The van der Waals surface area contributed by atoms with Crippen molar-refractivity contribution in [3.8, 4) is 6.07 Å². The van der Waals surface area contributed by atoms with Gasteiger partial charge in [-0.25, -0.2) is 0 Å². The molecule has 102 valence electrons. The zero-order chi connectivity index (χ0) is 13.7. The minimum absolute atomic E-state index is 0.0518. The fraction of sp³-hybridized carbons (Fsp3) is 0.500. The molecular formula is C14H18ClN3O. The van der Waals surface area contributed by atoms with Gasteiger partial charge in [0.25, 0.3) is 0 Å². The Bertz CT molecular complexity index is 478. The molecule has 1 unspecified atom stereocenters. The van der Waals surface area contributed by atoms with Crippen molar-refractivity contribution in [2.45, 2.75) is 18.4 Å². The lowest BCUT2D eigenvalue weighted by molar-refractivity contribution is 0.127. The zero-order valence-corrected chi connectivity index (χ0v) is 11.8. The van der Waals surface area contributed by atoms with Crippen LogP contribution in [0.1, 0.15) is 18.4 Å². The molecule has 5 heteroatoms. The first-order valence-corrected chi connectivity index (χ1v) is 6.74. The molecule has 2 N–H and O–H groups in total. The zero-order valence-electron chi connectivity index (χ0n) is 11.0. The molecule has 0 bridgehead atoms. The van der Waals surface area contributed by atoms with Crippen LogP contribution in [0.2, 0.25) is 5.02 Å². The molecule has 0 spiro atoms. The van der Waals surface area contributed by atoms with E-state index < -0.39 is 0 Å². The average molecular weight is 280 g/mol. The van der Waals surface area contributed by atoms with Crippen LogP contribution >= 0.6 is 11.6 Å². The number of rotatable bonds is 5. The maximum atomic E-state index is 9.10. The summed E-state index contributed by atoms with van der Waals surface area (Å²) < 4.78 is 5.30. The Kier molecular flexibility index (Phi) is 4.65. The second-order valence-electron chi connectivity index (χ2n) is 4.90. The maximum absolute atomic E-state index is 9.10. The van der Waals surface area contributed by atoms with Gasteiger partial charge in [-0.3, -0.25) is 0 Å². The van der Waals surface area contributed by atoms with Crippen LogP contribution in [0.5, 0.6) is 0 Å². The SMILES string of the molecule is COCC1(CNc2cc(Cl)ccc2C#N)CCCN1. The smallest absolute Gasteiger partial charge is 0.101 e. The molecule has 0 saturated carbocycles. The van der Waals surface area contributed by atoms with Crippen molar-refractivity contribution >= 4 is 17.3 Å². The van der Waals surface area contributed by atoms with E-state index in [0.29, 0.717) is 17.2 Å². The number of hydrogen-bond donors (Lipinski definition) is 2. The first-order chi connectivity index (χ1) is 9.19. The van der Waals surface area contributed by atoms with Crippen LogP contribution in [0.25, 0.3) is 0 Å². The second-order valence-corrected chi connectivity index (χ2v) is 5.34. The Morgan fingerprint density at radius 3 is 3.05 bits per heavy atom. The second kappa shape index (κ2) is 6.25. The molecule has 0 aliphatic carbocycles. The molecular weight excluding hydrogens is 262 g/mol. The van der Waals surface area contributed by atoms with Crippen LogP contribution in [0.4, 0.5) is 5.69 Å². The first kappa shape index (κ1) is 14.1. The van der Waals surface area contributed by atoms with Crippen molar-refractivity contribution in [1.29, 1.82) is 5.26 Å². The highest BCUT2D eigenvalue weighted by Gasteiger charge is 2.33. The van der Waals surface area contributed by atoms with Crippen LogP contribution in [-0.4, -0.2) is 32.3 Å². The van der Waals surface area contributed by atoms with E-state index in [1.54, 1.807) is 25.3 Å². The summed E-state index contributed by atoms with van der Waals surface area (Å²) in [7, 11) is 1.71. The Morgan fingerprint density at radius 1 is 1.58 bits per heavy atom. The highest BCUT2D eigenvalue weighted by molar-refractivity contribution is 6.30. The number of nitrogens with zero attached hydrogens (tertiary/aromatic N) is 1. The summed E-state index contributed by atoms with van der Waals surface area (Å²) in [5, 5.41) is 16.5. The van der Waals surface area contributed by atoms with E-state index in [0.717, 1.165) is 31.6 Å². The summed E-state index contributed by atoms with van der Waals surface area (Å²) in [6.45, 7) is 2.38. The molecule has 2 rings (SSSR count). The minimum Gasteiger partial charge on any atom is -0.383 e. The number of nitrogens with one attached hydrogen (secondary N) is 2. The third kappa shape index (κ3) is 3.38. The average Bonchev–Trinajstić information content (AvgIpc) is 2.86. The largest absolute Gasteiger partial charge is 0.383 e. The quantitative estimate of drug-likeness (QED) is 0.869. The summed E-state index contributed by atoms with van der Waals surface area (Å²) in [5.41, 5.74) is 1.33. The maximum Gasteiger partial charge on any atom is 0.101 e. The van der Waals surface area contributed by atoms with Gasteiger partial charge in [0, 0.05) is 18.7 Å². The minimum atomic E-state index is -0.0518. The topological polar surface area (TPSA) is 57.1 Å². The van der Waals surface area contributed by atoms with Gasteiger partial charge < -0.3 is 15.4 Å². The van der Waals surface area contributed by atoms with Gasteiger partial charge in [-0.1, -0.05) is 11.6 Å². The predicted octanol–water partition coefficient (Wildman–Crippen LogP) is 2.39. The Labute approximate surface area is 118 Å². The molecule has 0 radical (unpaired) electrons. The molecule has 1 aromatic rings. The summed E-state index contributed by atoms with van der Waals surface area (Å²) in [6, 6.07) is 7.42. The number of methoxy groups -OCH3 is 1. The number of benzene rings is 1. The van der Waals surface area contributed by atoms with Gasteiger partial charge in [0.15, 0.2) is 0 Å². The number of hydrogen-bond acceptors (Lipinski definition) is 4. The van der Waals surface area contributed by atoms with Gasteiger partial charge >= 0.3 is 0 Å². The highest BCUT2D eigenvalue weighted by atomic mass is 35.5. The molecule has 19 heavy (non-hydrogen) atoms. The molecule has 1 fully saturated rings. The fourth-order valence-corrected chi connectivity index (χ4v) is 2.67. The van der Waals surface area contributed by atoms with Crippen molar-refractivity contribution in [1.82, 2.24) is 5.32 Å². The molecule has 1 aromatic carbocycles. The van der Waals surface area contributed by atoms with Crippen LogP contribution in [0, 0.1) is 11.3 Å². The summed E-state index contributed by atoms with van der Waals surface area (Å²) in [4.78, 5) is 0. The number of anilines is 1. The highest BCUT2D eigenvalue weighted by Crippen LogP contribution is 2.24. The van der Waals surface area contributed by atoms with Gasteiger partial charge in [0.2, 0.25) is 0 Å². The Balaban J connectivity index is 2.09. The normalized spacial score (nSPS) is 22.2. The van der Waals surface area contributed by atoms with E-state index in [-0.39, 0.29) is 5.54 Å². The molecule has 1 heterocycles. The van der Waals surface area contributed by atoms with Crippen molar-refractivity contribution in [2.24, 2.45) is 0 Å². The molecule has 4 nitrogen and oxygen atoms in total. The van der Waals surface area contributed by atoms with Crippen LogP contribution in [0.15, 0.2) is 18.2 Å². The summed E-state index contributed by atoms with van der Waals surface area (Å²) in [5.74, 6) is 0. The van der Waals surface area contributed by atoms with Crippen LogP contribution in [-0.2, 0) is 4.74 Å². The van der Waals surface area contributed by atoms with E-state index in [9.17, 15) is 0 Å². The molecule has 1 saturated heterocycles. The van der Waals surface area contributed by atoms with Crippen molar-refractivity contribution in [2.75, 3.05) is 32.1 Å². The van der Waals surface area contributed by atoms with E-state index in [2.05, 4.69) is 16.7 Å². The van der Waals surface area contributed by atoms with E-state index in [1.165, 1.54) is 0 Å². The third-order valence-electron chi connectivity index (χ3n) is 3.47. The first-order valence-electron chi connectivity index (χ1n) is 6.37. The molecule has 1 aliphatic heterocycles. The third-order valence-corrected chi connectivity index (χ3v) is 3.71. The van der Waals surface area contributed by atoms with Crippen LogP contribution < -0.4 is 10.6 Å². The number of halogens is 1. The van der Waals surface area contributed by atoms with Gasteiger partial charge in [0.05, 0.1) is 23.4 Å². The molecule has 1 atom stereocenters. The van der Waals surface area contributed by atoms with Crippen molar-refractivity contribution < 1.29 is 4.74 Å². The van der Waals surface area contributed by atoms with E-state index >= 15 is 0 Å².